The summed E-state index contributed by atoms with van der Waals surface area (Å²) in [6, 6.07) is 13.7. The van der Waals surface area contributed by atoms with Crippen LogP contribution in [0.3, 0.4) is 0 Å². The number of ether oxygens (including phenoxy) is 1. The summed E-state index contributed by atoms with van der Waals surface area (Å²) in [7, 11) is 1.65. The second-order valence-corrected chi connectivity index (χ2v) is 9.36. The number of imidazole rings is 1. The zero-order valence-electron chi connectivity index (χ0n) is 19.3. The average Bonchev–Trinajstić information content (AvgIpc) is 3.19. The van der Waals surface area contributed by atoms with Gasteiger partial charge in [-0.15, -0.1) is 0 Å². The Morgan fingerprint density at radius 3 is 2.55 bits per heavy atom. The predicted octanol–water partition coefficient (Wildman–Crippen LogP) is 3.70. The summed E-state index contributed by atoms with van der Waals surface area (Å²) < 4.78 is 7.20. The van der Waals surface area contributed by atoms with Gasteiger partial charge in [-0.1, -0.05) is 18.2 Å². The van der Waals surface area contributed by atoms with Crippen LogP contribution >= 0.6 is 0 Å². The number of benzene rings is 1. The van der Waals surface area contributed by atoms with Crippen molar-refractivity contribution < 1.29 is 14.3 Å². The Kier molecular flexibility index (Phi) is 5.56. The summed E-state index contributed by atoms with van der Waals surface area (Å²) in [5.41, 5.74) is 3.41. The van der Waals surface area contributed by atoms with Crippen molar-refractivity contribution in [3.05, 3.63) is 65.6 Å². The number of fused-ring (bicyclic) bond motifs is 1. The molecular weight excluding hydrogens is 416 g/mol. The fourth-order valence-electron chi connectivity index (χ4n) is 5.26. The highest BCUT2D eigenvalue weighted by atomic mass is 16.5. The molecule has 2 amide bonds. The molecule has 2 saturated heterocycles. The van der Waals surface area contributed by atoms with Gasteiger partial charge in [0.15, 0.2) is 0 Å². The lowest BCUT2D eigenvalue weighted by Crippen LogP contribution is -2.52. The molecule has 2 aromatic heterocycles. The second kappa shape index (κ2) is 8.54. The molecule has 0 atom stereocenters. The van der Waals surface area contributed by atoms with E-state index in [-0.39, 0.29) is 17.2 Å². The molecule has 5 rings (SSSR count). The summed E-state index contributed by atoms with van der Waals surface area (Å²) >= 11 is 0. The second-order valence-electron chi connectivity index (χ2n) is 9.36. The minimum absolute atomic E-state index is 0.00743. The summed E-state index contributed by atoms with van der Waals surface area (Å²) in [4.78, 5) is 34.4. The van der Waals surface area contributed by atoms with Crippen molar-refractivity contribution in [2.75, 3.05) is 26.7 Å². The molecule has 7 nitrogen and oxygen atoms in total. The minimum atomic E-state index is 0.00743. The Hall–Kier alpha value is -3.35. The molecule has 1 spiro atoms. The van der Waals surface area contributed by atoms with Crippen LogP contribution in [0.4, 0.5) is 0 Å². The van der Waals surface area contributed by atoms with Crippen LogP contribution in [0.2, 0.25) is 0 Å². The maximum absolute atomic E-state index is 13.2. The van der Waals surface area contributed by atoms with E-state index in [0.29, 0.717) is 31.7 Å². The van der Waals surface area contributed by atoms with Gasteiger partial charge < -0.3 is 18.9 Å². The van der Waals surface area contributed by atoms with Gasteiger partial charge >= 0.3 is 0 Å². The van der Waals surface area contributed by atoms with Crippen molar-refractivity contribution >= 4 is 17.5 Å². The van der Waals surface area contributed by atoms with E-state index >= 15 is 0 Å². The number of methoxy groups -OCH3 is 1. The number of amides is 2. The van der Waals surface area contributed by atoms with Crippen LogP contribution < -0.4 is 4.74 Å². The SMILES string of the molecule is COc1ccc(CN2CC3(CCC2=O)CCN(C(=O)c2nc4ccccn4c2C)CC3)cc1. The molecule has 172 valence electrons. The first-order chi connectivity index (χ1) is 16.0. The van der Waals surface area contributed by atoms with Gasteiger partial charge in [-0.05, 0) is 61.4 Å². The molecule has 2 aliphatic rings. The number of hydrogen-bond acceptors (Lipinski definition) is 4. The molecule has 2 aliphatic heterocycles. The standard InChI is InChI=1S/C26H30N4O3/c1-19-24(27-22-5-3-4-14-30(19)22)25(32)28-15-12-26(13-16-28)11-10-23(31)29(18-26)17-20-6-8-21(33-2)9-7-20/h3-9,14H,10-13,15-18H2,1-2H3. The van der Waals surface area contributed by atoms with Crippen LogP contribution in [-0.2, 0) is 11.3 Å². The van der Waals surface area contributed by atoms with Gasteiger partial charge in [0.1, 0.15) is 17.1 Å². The largest absolute Gasteiger partial charge is 0.497 e. The molecule has 0 aliphatic carbocycles. The fourth-order valence-corrected chi connectivity index (χ4v) is 5.26. The Morgan fingerprint density at radius 2 is 1.85 bits per heavy atom. The van der Waals surface area contributed by atoms with Gasteiger partial charge in [0.05, 0.1) is 12.8 Å². The van der Waals surface area contributed by atoms with E-state index in [1.807, 2.05) is 69.8 Å². The number of aryl methyl sites for hydroxylation is 1. The Labute approximate surface area is 194 Å². The quantitative estimate of drug-likeness (QED) is 0.613. The third kappa shape index (κ3) is 4.08. The van der Waals surface area contributed by atoms with E-state index in [9.17, 15) is 9.59 Å². The lowest BCUT2D eigenvalue weighted by atomic mass is 9.72. The monoisotopic (exact) mass is 446 g/mol. The number of carbonyl (C=O) groups is 2. The molecular formula is C26H30N4O3. The zero-order valence-corrected chi connectivity index (χ0v) is 19.3. The van der Waals surface area contributed by atoms with Crippen LogP contribution in [0.1, 0.15) is 47.4 Å². The van der Waals surface area contributed by atoms with E-state index in [4.69, 9.17) is 4.74 Å². The number of aromatic nitrogens is 2. The summed E-state index contributed by atoms with van der Waals surface area (Å²) in [6.45, 7) is 4.73. The summed E-state index contributed by atoms with van der Waals surface area (Å²) in [6.07, 6.45) is 5.25. The van der Waals surface area contributed by atoms with Crippen molar-refractivity contribution in [1.82, 2.24) is 19.2 Å². The van der Waals surface area contributed by atoms with Crippen LogP contribution in [0.5, 0.6) is 5.75 Å². The molecule has 0 radical (unpaired) electrons. The van der Waals surface area contributed by atoms with Crippen molar-refractivity contribution in [2.45, 2.75) is 39.2 Å². The maximum Gasteiger partial charge on any atom is 0.274 e. The smallest absolute Gasteiger partial charge is 0.274 e. The zero-order chi connectivity index (χ0) is 23.0. The van der Waals surface area contributed by atoms with E-state index in [2.05, 4.69) is 4.98 Å². The molecule has 0 bridgehead atoms. The number of rotatable bonds is 4. The highest BCUT2D eigenvalue weighted by Gasteiger charge is 2.42. The first-order valence-corrected chi connectivity index (χ1v) is 11.6. The Balaban J connectivity index is 1.25. The number of hydrogen-bond donors (Lipinski definition) is 0. The van der Waals surface area contributed by atoms with Gasteiger partial charge in [0, 0.05) is 38.8 Å². The lowest BCUT2D eigenvalue weighted by Gasteiger charge is -2.47. The fraction of sp³-hybridized carbons (Fsp3) is 0.423. The third-order valence-corrected chi connectivity index (χ3v) is 7.36. The summed E-state index contributed by atoms with van der Waals surface area (Å²) in [5.74, 6) is 1.04. The van der Waals surface area contributed by atoms with Crippen LogP contribution in [-0.4, -0.2) is 57.7 Å². The molecule has 1 aromatic carbocycles. The Bertz CT molecular complexity index is 1180. The van der Waals surface area contributed by atoms with Crippen molar-refractivity contribution in [3.8, 4) is 5.75 Å². The lowest BCUT2D eigenvalue weighted by molar-refractivity contribution is -0.139. The van der Waals surface area contributed by atoms with E-state index in [1.165, 1.54) is 0 Å². The van der Waals surface area contributed by atoms with Crippen LogP contribution in [0.25, 0.3) is 5.65 Å². The Morgan fingerprint density at radius 1 is 1.09 bits per heavy atom. The number of likely N-dealkylation sites (tertiary alicyclic amines) is 2. The first-order valence-electron chi connectivity index (χ1n) is 11.6. The predicted molar refractivity (Wildman–Crippen MR) is 125 cm³/mol. The molecule has 0 unspecified atom stereocenters. The van der Waals surface area contributed by atoms with Crippen LogP contribution in [0, 0.1) is 12.3 Å². The average molecular weight is 447 g/mol. The van der Waals surface area contributed by atoms with Crippen molar-refractivity contribution in [2.24, 2.45) is 5.41 Å². The molecule has 7 heteroatoms. The van der Waals surface area contributed by atoms with E-state index in [1.54, 1.807) is 7.11 Å². The van der Waals surface area contributed by atoms with Crippen molar-refractivity contribution in [3.63, 3.8) is 0 Å². The first kappa shape index (κ1) is 21.5. The normalized spacial score (nSPS) is 18.2. The molecule has 3 aromatic rings. The van der Waals surface area contributed by atoms with E-state index < -0.39 is 0 Å². The molecule has 33 heavy (non-hydrogen) atoms. The van der Waals surface area contributed by atoms with Gasteiger partial charge in [-0.2, -0.15) is 0 Å². The van der Waals surface area contributed by atoms with Gasteiger partial charge in [0.2, 0.25) is 5.91 Å². The highest BCUT2D eigenvalue weighted by molar-refractivity contribution is 5.94. The third-order valence-electron chi connectivity index (χ3n) is 7.36. The molecule has 2 fully saturated rings. The van der Waals surface area contributed by atoms with Gasteiger partial charge in [-0.25, -0.2) is 4.98 Å². The summed E-state index contributed by atoms with van der Waals surface area (Å²) in [5, 5.41) is 0. The van der Waals surface area contributed by atoms with E-state index in [0.717, 1.165) is 48.5 Å². The number of pyridine rings is 1. The molecule has 0 N–H and O–H groups in total. The number of nitrogens with zero attached hydrogens (tertiary/aromatic N) is 4. The highest BCUT2D eigenvalue weighted by Crippen LogP contribution is 2.41. The van der Waals surface area contributed by atoms with Crippen LogP contribution in [0.15, 0.2) is 48.7 Å². The van der Waals surface area contributed by atoms with Gasteiger partial charge in [-0.3, -0.25) is 9.59 Å². The number of piperidine rings is 2. The molecule has 4 heterocycles. The molecule has 0 saturated carbocycles. The number of carbonyl (C=O) groups excluding carboxylic acids is 2. The maximum atomic E-state index is 13.2. The minimum Gasteiger partial charge on any atom is -0.497 e. The van der Waals surface area contributed by atoms with Gasteiger partial charge in [0.25, 0.3) is 5.91 Å². The topological polar surface area (TPSA) is 67.2 Å². The van der Waals surface area contributed by atoms with Crippen molar-refractivity contribution in [1.29, 1.82) is 0 Å².